The van der Waals surface area contributed by atoms with Crippen molar-refractivity contribution in [2.45, 2.75) is 0 Å². The first-order chi connectivity index (χ1) is 26.8. The second-order valence-electron chi connectivity index (χ2n) is 14.0. The van der Waals surface area contributed by atoms with Crippen molar-refractivity contribution in [3.63, 3.8) is 0 Å². The SMILES string of the molecule is c1ccc(-c2nc(-c3ccccc3)nc(-c3cccc(-n4c5ccccc5c5c6ccc7c8cccc9c%10ccccc%10n(c7c6ccc54)c98)c3)n2)cc1. The van der Waals surface area contributed by atoms with Gasteiger partial charge in [-0.2, -0.15) is 0 Å². The molecule has 0 radical (unpaired) electrons. The maximum atomic E-state index is 5.04. The van der Waals surface area contributed by atoms with Gasteiger partial charge >= 0.3 is 0 Å². The van der Waals surface area contributed by atoms with Gasteiger partial charge in [0.05, 0.1) is 27.6 Å². The van der Waals surface area contributed by atoms with Crippen LogP contribution in [0.5, 0.6) is 0 Å². The highest BCUT2D eigenvalue weighted by molar-refractivity contribution is 6.31. The lowest BCUT2D eigenvalue weighted by molar-refractivity contribution is 1.07. The Morgan fingerprint density at radius 1 is 0.315 bits per heavy atom. The Balaban J connectivity index is 1.11. The van der Waals surface area contributed by atoms with E-state index in [9.17, 15) is 0 Å². The van der Waals surface area contributed by atoms with Gasteiger partial charge in [0.25, 0.3) is 0 Å². The van der Waals surface area contributed by atoms with Gasteiger partial charge < -0.3 is 8.97 Å². The summed E-state index contributed by atoms with van der Waals surface area (Å²) in [5, 5.41) is 10.1. The second kappa shape index (κ2) is 11.1. The average Bonchev–Trinajstić information content (AvgIpc) is 3.90. The van der Waals surface area contributed by atoms with Crippen molar-refractivity contribution in [3.05, 3.63) is 176 Å². The summed E-state index contributed by atoms with van der Waals surface area (Å²) in [5.41, 5.74) is 9.99. The predicted molar refractivity (Wildman–Crippen MR) is 223 cm³/mol. The maximum Gasteiger partial charge on any atom is 0.164 e. The van der Waals surface area contributed by atoms with Gasteiger partial charge in [-0.1, -0.05) is 146 Å². The van der Waals surface area contributed by atoms with Crippen molar-refractivity contribution in [1.29, 1.82) is 0 Å². The van der Waals surface area contributed by atoms with E-state index < -0.39 is 0 Å². The fourth-order valence-electron chi connectivity index (χ4n) is 8.78. The minimum absolute atomic E-state index is 0.635. The molecule has 4 aromatic heterocycles. The molecule has 4 heterocycles. The minimum atomic E-state index is 0.635. The highest BCUT2D eigenvalue weighted by atomic mass is 15.0. The zero-order valence-corrected chi connectivity index (χ0v) is 29.0. The second-order valence-corrected chi connectivity index (χ2v) is 14.0. The highest BCUT2D eigenvalue weighted by Gasteiger charge is 2.22. The van der Waals surface area contributed by atoms with Crippen molar-refractivity contribution < 1.29 is 0 Å². The quantitative estimate of drug-likeness (QED) is 0.185. The van der Waals surface area contributed by atoms with E-state index in [-0.39, 0.29) is 0 Å². The summed E-state index contributed by atoms with van der Waals surface area (Å²) in [6, 6.07) is 62.4. The van der Waals surface area contributed by atoms with Gasteiger partial charge in [0.1, 0.15) is 0 Å². The molecule has 0 bridgehead atoms. The predicted octanol–water partition coefficient (Wildman–Crippen LogP) is 12.3. The summed E-state index contributed by atoms with van der Waals surface area (Å²) in [5.74, 6) is 1.93. The first-order valence-electron chi connectivity index (χ1n) is 18.3. The van der Waals surface area contributed by atoms with Crippen LogP contribution in [0.4, 0.5) is 0 Å². The summed E-state index contributed by atoms with van der Waals surface area (Å²) >= 11 is 0. The third kappa shape index (κ3) is 4.06. The van der Waals surface area contributed by atoms with Gasteiger partial charge in [0.15, 0.2) is 17.5 Å². The van der Waals surface area contributed by atoms with Crippen molar-refractivity contribution in [2.75, 3.05) is 0 Å². The van der Waals surface area contributed by atoms with Crippen LogP contribution in [-0.2, 0) is 0 Å². The van der Waals surface area contributed by atoms with Crippen LogP contribution in [0.2, 0.25) is 0 Å². The highest BCUT2D eigenvalue weighted by Crippen LogP contribution is 2.44. The van der Waals surface area contributed by atoms with E-state index in [4.69, 9.17) is 15.0 Å². The number of benzene rings is 8. The lowest BCUT2D eigenvalue weighted by Gasteiger charge is -2.12. The van der Waals surface area contributed by atoms with Crippen LogP contribution >= 0.6 is 0 Å². The first kappa shape index (κ1) is 29.2. The molecule has 54 heavy (non-hydrogen) atoms. The molecule has 0 aliphatic heterocycles. The van der Waals surface area contributed by atoms with Gasteiger partial charge in [-0.25, -0.2) is 15.0 Å². The van der Waals surface area contributed by atoms with Crippen molar-refractivity contribution >= 4 is 70.7 Å². The summed E-state index contributed by atoms with van der Waals surface area (Å²) < 4.78 is 4.88. The molecule has 8 aromatic carbocycles. The third-order valence-electron chi connectivity index (χ3n) is 11.1. The van der Waals surface area contributed by atoms with E-state index in [0.29, 0.717) is 17.5 Å². The smallest absolute Gasteiger partial charge is 0.164 e. The van der Waals surface area contributed by atoms with Gasteiger partial charge in [-0.05, 0) is 35.7 Å². The molecular formula is C49H29N5. The van der Waals surface area contributed by atoms with Gasteiger partial charge in [0, 0.05) is 60.1 Å². The van der Waals surface area contributed by atoms with Crippen LogP contribution in [0.1, 0.15) is 0 Å². The normalized spacial score (nSPS) is 12.1. The van der Waals surface area contributed by atoms with Crippen LogP contribution in [0.3, 0.4) is 0 Å². The summed E-state index contributed by atoms with van der Waals surface area (Å²) in [7, 11) is 0. The molecule has 0 fully saturated rings. The molecule has 0 unspecified atom stereocenters. The zero-order valence-electron chi connectivity index (χ0n) is 29.0. The van der Waals surface area contributed by atoms with E-state index in [1.807, 2.05) is 60.7 Å². The molecule has 5 heteroatoms. The van der Waals surface area contributed by atoms with Gasteiger partial charge in [-0.3, -0.25) is 0 Å². The summed E-state index contributed by atoms with van der Waals surface area (Å²) in [6.07, 6.45) is 0. The maximum absolute atomic E-state index is 5.04. The topological polar surface area (TPSA) is 48.0 Å². The monoisotopic (exact) mass is 687 g/mol. The van der Waals surface area contributed by atoms with Crippen LogP contribution in [0.25, 0.3) is 111 Å². The number of para-hydroxylation sites is 3. The molecule has 0 amide bonds. The number of rotatable bonds is 4. The number of hydrogen-bond donors (Lipinski definition) is 0. The summed E-state index contributed by atoms with van der Waals surface area (Å²) in [4.78, 5) is 15.0. The largest absolute Gasteiger partial charge is 0.309 e. The van der Waals surface area contributed by atoms with Crippen LogP contribution in [0.15, 0.2) is 176 Å². The lowest BCUT2D eigenvalue weighted by Crippen LogP contribution is -2.01. The molecule has 0 N–H and O–H groups in total. The molecule has 12 aromatic rings. The van der Waals surface area contributed by atoms with E-state index in [2.05, 4.69) is 124 Å². The van der Waals surface area contributed by atoms with E-state index in [1.165, 1.54) is 59.6 Å². The molecule has 0 aliphatic rings. The Morgan fingerprint density at radius 2 is 0.796 bits per heavy atom. The molecule has 0 atom stereocenters. The molecule has 250 valence electrons. The van der Waals surface area contributed by atoms with Crippen LogP contribution in [0, 0.1) is 0 Å². The van der Waals surface area contributed by atoms with Crippen molar-refractivity contribution in [2.24, 2.45) is 0 Å². The Kier molecular flexibility index (Phi) is 5.99. The Bertz CT molecular complexity index is 3370. The van der Waals surface area contributed by atoms with Crippen LogP contribution < -0.4 is 0 Å². The van der Waals surface area contributed by atoms with Crippen molar-refractivity contribution in [1.82, 2.24) is 23.9 Å². The number of aromatic nitrogens is 5. The average molecular weight is 688 g/mol. The van der Waals surface area contributed by atoms with E-state index >= 15 is 0 Å². The summed E-state index contributed by atoms with van der Waals surface area (Å²) in [6.45, 7) is 0. The Labute approximate surface area is 309 Å². The molecule has 12 rings (SSSR count). The van der Waals surface area contributed by atoms with E-state index in [0.717, 1.165) is 33.4 Å². The molecule has 0 saturated heterocycles. The van der Waals surface area contributed by atoms with Crippen molar-refractivity contribution in [3.8, 4) is 39.9 Å². The minimum Gasteiger partial charge on any atom is -0.309 e. The third-order valence-corrected chi connectivity index (χ3v) is 11.1. The molecule has 0 aliphatic carbocycles. The van der Waals surface area contributed by atoms with E-state index in [1.54, 1.807) is 0 Å². The van der Waals surface area contributed by atoms with Gasteiger partial charge in [0.2, 0.25) is 0 Å². The fraction of sp³-hybridized carbons (Fsp3) is 0. The molecule has 0 saturated carbocycles. The standard InChI is InChI=1S/C49H29N5/c1-3-13-30(14-4-1)47-50-48(31-15-5-2-6-16-31)52-49(51-47)32-17-11-18-33(29-32)53-42-24-10-8-20-40(42)44-35-25-26-39-37-22-12-21-36-34-19-7-9-23-41(34)54(45(36)37)46(39)38(35)27-28-43(44)53/h1-29H. The first-order valence-corrected chi connectivity index (χ1v) is 18.3. The molecular weight excluding hydrogens is 659 g/mol. The molecule has 0 spiro atoms. The number of hydrogen-bond acceptors (Lipinski definition) is 3. The fourth-order valence-corrected chi connectivity index (χ4v) is 8.78. The Hall–Kier alpha value is -7.37. The zero-order chi connectivity index (χ0) is 35.3. The molecule has 5 nitrogen and oxygen atoms in total. The number of fused-ring (bicyclic) bond motifs is 12. The van der Waals surface area contributed by atoms with Crippen LogP contribution in [-0.4, -0.2) is 23.9 Å². The number of nitrogens with zero attached hydrogens (tertiary/aromatic N) is 5. The Morgan fingerprint density at radius 3 is 1.52 bits per heavy atom. The lowest BCUT2D eigenvalue weighted by atomic mass is 10.00. The van der Waals surface area contributed by atoms with Gasteiger partial charge in [-0.15, -0.1) is 0 Å².